The maximum absolute atomic E-state index is 6.31. The molecule has 1 fully saturated rings. The molecule has 0 spiro atoms. The van der Waals surface area contributed by atoms with Crippen LogP contribution in [0.1, 0.15) is 112 Å². The van der Waals surface area contributed by atoms with Crippen LogP contribution in [0.4, 0.5) is 0 Å². The smallest absolute Gasteiger partial charge is 0.0685 e. The van der Waals surface area contributed by atoms with Gasteiger partial charge in [-0.2, -0.15) is 5.06 Å². The lowest BCUT2D eigenvalue weighted by molar-refractivity contribution is -0.288. The van der Waals surface area contributed by atoms with Crippen molar-refractivity contribution in [2.75, 3.05) is 6.61 Å². The zero-order chi connectivity index (χ0) is 17.3. The molecule has 0 bridgehead atoms. The highest BCUT2D eigenvalue weighted by Gasteiger charge is 2.46. The third kappa shape index (κ3) is 7.13. The summed E-state index contributed by atoms with van der Waals surface area (Å²) in [5, 5.41) is 2.34. The van der Waals surface area contributed by atoms with Gasteiger partial charge in [0.15, 0.2) is 0 Å². The first-order valence-corrected chi connectivity index (χ1v) is 10.3. The summed E-state index contributed by atoms with van der Waals surface area (Å²) >= 11 is 0. The minimum Gasteiger partial charge on any atom is -0.298 e. The van der Waals surface area contributed by atoms with Gasteiger partial charge in [-0.15, -0.1) is 0 Å². The molecule has 0 atom stereocenters. The van der Waals surface area contributed by atoms with Gasteiger partial charge in [-0.3, -0.25) is 4.84 Å². The minimum atomic E-state index is 0.155. The van der Waals surface area contributed by atoms with Gasteiger partial charge < -0.3 is 0 Å². The highest BCUT2D eigenvalue weighted by atomic mass is 16.7. The van der Waals surface area contributed by atoms with Crippen molar-refractivity contribution in [1.29, 1.82) is 0 Å². The van der Waals surface area contributed by atoms with E-state index in [4.69, 9.17) is 4.84 Å². The number of piperidine rings is 1. The molecule has 1 saturated heterocycles. The summed E-state index contributed by atoms with van der Waals surface area (Å²) in [6, 6.07) is 0. The quantitative estimate of drug-likeness (QED) is 0.390. The standard InChI is InChI=1S/C21H43NO/c1-7-9-11-12-13-14-16-23-22-20(3,4)17-19(15-10-8-2)18-21(22,5)6/h19H,7-18H2,1-6H3. The number of unbranched alkanes of at least 4 members (excludes halogenated alkanes) is 6. The van der Waals surface area contributed by atoms with Crippen molar-refractivity contribution in [3.8, 4) is 0 Å². The molecule has 23 heavy (non-hydrogen) atoms. The summed E-state index contributed by atoms with van der Waals surface area (Å²) in [5.41, 5.74) is 0.310. The Labute approximate surface area is 146 Å². The Balaban J connectivity index is 2.41. The molecule has 2 nitrogen and oxygen atoms in total. The van der Waals surface area contributed by atoms with Gasteiger partial charge in [-0.25, -0.2) is 0 Å². The van der Waals surface area contributed by atoms with Crippen LogP contribution in [-0.4, -0.2) is 22.7 Å². The molecule has 2 heteroatoms. The lowest BCUT2D eigenvalue weighted by Crippen LogP contribution is -2.60. The maximum atomic E-state index is 6.31. The van der Waals surface area contributed by atoms with Crippen LogP contribution < -0.4 is 0 Å². The van der Waals surface area contributed by atoms with E-state index in [1.54, 1.807) is 0 Å². The summed E-state index contributed by atoms with van der Waals surface area (Å²) in [7, 11) is 0. The van der Waals surface area contributed by atoms with Crippen molar-refractivity contribution in [2.45, 2.75) is 123 Å². The normalized spacial score (nSPS) is 21.7. The van der Waals surface area contributed by atoms with Crippen molar-refractivity contribution in [3.05, 3.63) is 0 Å². The topological polar surface area (TPSA) is 12.5 Å². The Bertz CT molecular complexity index is 293. The molecule has 0 aromatic carbocycles. The number of nitrogens with zero attached hydrogens (tertiary/aromatic N) is 1. The van der Waals surface area contributed by atoms with Crippen molar-refractivity contribution in [1.82, 2.24) is 5.06 Å². The number of rotatable bonds is 11. The van der Waals surface area contributed by atoms with E-state index in [9.17, 15) is 0 Å². The van der Waals surface area contributed by atoms with Gasteiger partial charge in [0.25, 0.3) is 0 Å². The molecule has 1 aliphatic rings. The lowest BCUT2D eigenvalue weighted by atomic mass is 9.73. The fourth-order valence-electron chi connectivity index (χ4n) is 4.55. The van der Waals surface area contributed by atoms with Gasteiger partial charge in [0, 0.05) is 11.1 Å². The molecule has 0 unspecified atom stereocenters. The van der Waals surface area contributed by atoms with Crippen LogP contribution in [0.3, 0.4) is 0 Å². The predicted molar refractivity (Wildman–Crippen MR) is 102 cm³/mol. The van der Waals surface area contributed by atoms with Crippen LogP contribution in [0.5, 0.6) is 0 Å². The van der Waals surface area contributed by atoms with Gasteiger partial charge in [0.1, 0.15) is 0 Å². The van der Waals surface area contributed by atoms with E-state index in [2.05, 4.69) is 46.6 Å². The number of hydroxylamine groups is 2. The first kappa shape index (κ1) is 21.0. The van der Waals surface area contributed by atoms with Crippen LogP contribution in [0.15, 0.2) is 0 Å². The third-order valence-corrected chi connectivity index (χ3v) is 5.36. The molecule has 0 aliphatic carbocycles. The fourth-order valence-corrected chi connectivity index (χ4v) is 4.55. The van der Waals surface area contributed by atoms with E-state index in [-0.39, 0.29) is 11.1 Å². The van der Waals surface area contributed by atoms with Gasteiger partial charge >= 0.3 is 0 Å². The maximum Gasteiger partial charge on any atom is 0.0685 e. The average molecular weight is 326 g/mol. The zero-order valence-corrected chi connectivity index (χ0v) is 16.9. The van der Waals surface area contributed by atoms with Crippen molar-refractivity contribution in [2.24, 2.45) is 5.92 Å². The van der Waals surface area contributed by atoms with Crippen LogP contribution in [0, 0.1) is 5.92 Å². The third-order valence-electron chi connectivity index (χ3n) is 5.36. The summed E-state index contributed by atoms with van der Waals surface area (Å²) in [6.45, 7) is 14.9. The zero-order valence-electron chi connectivity index (χ0n) is 16.9. The average Bonchev–Trinajstić information content (AvgIpc) is 2.45. The predicted octanol–water partition coefficient (Wildman–Crippen LogP) is 6.74. The van der Waals surface area contributed by atoms with E-state index >= 15 is 0 Å². The Hall–Kier alpha value is -0.0800. The first-order chi connectivity index (χ1) is 10.8. The second-order valence-corrected chi connectivity index (χ2v) is 8.94. The molecular weight excluding hydrogens is 282 g/mol. The summed E-state index contributed by atoms with van der Waals surface area (Å²) < 4.78 is 0. The molecule has 0 saturated carbocycles. The van der Waals surface area contributed by atoms with Gasteiger partial charge in [-0.05, 0) is 52.9 Å². The fraction of sp³-hybridized carbons (Fsp3) is 1.00. The molecule has 1 heterocycles. The van der Waals surface area contributed by atoms with Crippen molar-refractivity contribution in [3.63, 3.8) is 0 Å². The van der Waals surface area contributed by atoms with Gasteiger partial charge in [0.05, 0.1) is 6.61 Å². The summed E-state index contributed by atoms with van der Waals surface area (Å²) in [5.74, 6) is 0.855. The van der Waals surface area contributed by atoms with E-state index in [0.717, 1.165) is 12.5 Å². The highest BCUT2D eigenvalue weighted by molar-refractivity contribution is 4.96. The Kier molecular flexibility index (Phi) is 9.15. The molecule has 0 N–H and O–H groups in total. The molecule has 0 amide bonds. The lowest BCUT2D eigenvalue weighted by Gasteiger charge is -2.54. The van der Waals surface area contributed by atoms with Gasteiger partial charge in [-0.1, -0.05) is 65.2 Å². The monoisotopic (exact) mass is 325 g/mol. The Morgan fingerprint density at radius 2 is 1.30 bits per heavy atom. The van der Waals surface area contributed by atoms with Gasteiger partial charge in [0.2, 0.25) is 0 Å². The Morgan fingerprint density at radius 1 is 0.783 bits per heavy atom. The molecule has 1 aliphatic heterocycles. The minimum absolute atomic E-state index is 0.155. The number of hydrogen-bond donors (Lipinski definition) is 0. The van der Waals surface area contributed by atoms with E-state index in [1.807, 2.05) is 0 Å². The molecular formula is C21H43NO. The Morgan fingerprint density at radius 3 is 1.87 bits per heavy atom. The van der Waals surface area contributed by atoms with Crippen LogP contribution >= 0.6 is 0 Å². The van der Waals surface area contributed by atoms with Crippen LogP contribution in [0.25, 0.3) is 0 Å². The molecule has 0 aromatic rings. The molecule has 138 valence electrons. The van der Waals surface area contributed by atoms with E-state index in [0.29, 0.717) is 0 Å². The summed E-state index contributed by atoms with van der Waals surface area (Å²) in [6.07, 6.45) is 14.6. The molecule has 0 radical (unpaired) electrons. The highest BCUT2D eigenvalue weighted by Crippen LogP contribution is 2.43. The van der Waals surface area contributed by atoms with Crippen LogP contribution in [-0.2, 0) is 4.84 Å². The second kappa shape index (κ2) is 10.0. The van der Waals surface area contributed by atoms with Crippen molar-refractivity contribution < 1.29 is 4.84 Å². The van der Waals surface area contributed by atoms with Crippen molar-refractivity contribution >= 4 is 0 Å². The SMILES string of the molecule is CCCCCCCCON1C(C)(C)CC(CCCC)CC1(C)C. The van der Waals surface area contributed by atoms with E-state index < -0.39 is 0 Å². The molecule has 1 rings (SSSR count). The largest absolute Gasteiger partial charge is 0.298 e. The molecule has 0 aromatic heterocycles. The van der Waals surface area contributed by atoms with E-state index in [1.165, 1.54) is 70.6 Å². The second-order valence-electron chi connectivity index (χ2n) is 8.94. The van der Waals surface area contributed by atoms with Crippen LogP contribution in [0.2, 0.25) is 0 Å². The number of hydrogen-bond acceptors (Lipinski definition) is 2. The summed E-state index contributed by atoms with van der Waals surface area (Å²) in [4.78, 5) is 6.31. The first-order valence-electron chi connectivity index (χ1n) is 10.3.